The lowest BCUT2D eigenvalue weighted by atomic mass is 9.86. The molecule has 3 heteroatoms. The van der Waals surface area contributed by atoms with Gasteiger partial charge in [0.1, 0.15) is 5.92 Å². The highest BCUT2D eigenvalue weighted by atomic mass is 16.5. The second-order valence-corrected chi connectivity index (χ2v) is 3.86. The topological polar surface area (TPSA) is 50.1 Å². The van der Waals surface area contributed by atoms with Gasteiger partial charge in [0.2, 0.25) is 0 Å². The molecule has 2 atom stereocenters. The van der Waals surface area contributed by atoms with E-state index in [9.17, 15) is 4.79 Å². The number of esters is 1. The summed E-state index contributed by atoms with van der Waals surface area (Å²) in [7, 11) is 1.33. The van der Waals surface area contributed by atoms with Gasteiger partial charge in [0.05, 0.1) is 13.2 Å². The van der Waals surface area contributed by atoms with Crippen molar-refractivity contribution in [3.8, 4) is 6.07 Å². The SMILES string of the molecule is COC(=O)C(C#N)C1/C=C\CCCCC1. The zero-order valence-corrected chi connectivity index (χ0v) is 9.11. The van der Waals surface area contributed by atoms with Crippen molar-refractivity contribution in [2.24, 2.45) is 11.8 Å². The van der Waals surface area contributed by atoms with Gasteiger partial charge >= 0.3 is 5.97 Å². The lowest BCUT2D eigenvalue weighted by molar-refractivity contribution is -0.144. The Hall–Kier alpha value is -1.30. The summed E-state index contributed by atoms with van der Waals surface area (Å²) in [5.41, 5.74) is 0. The fourth-order valence-electron chi connectivity index (χ4n) is 1.91. The lowest BCUT2D eigenvalue weighted by Crippen LogP contribution is -2.22. The maximum absolute atomic E-state index is 11.4. The second-order valence-electron chi connectivity index (χ2n) is 3.86. The molecule has 0 aromatic heterocycles. The lowest BCUT2D eigenvalue weighted by Gasteiger charge is -2.18. The van der Waals surface area contributed by atoms with Crippen LogP contribution in [0.25, 0.3) is 0 Å². The van der Waals surface area contributed by atoms with Crippen molar-refractivity contribution in [3.05, 3.63) is 12.2 Å². The molecule has 0 saturated heterocycles. The van der Waals surface area contributed by atoms with E-state index in [0.717, 1.165) is 19.3 Å². The third kappa shape index (κ3) is 3.39. The molecule has 0 amide bonds. The molecule has 1 aliphatic rings. The first kappa shape index (κ1) is 11.8. The summed E-state index contributed by atoms with van der Waals surface area (Å²) in [4.78, 5) is 11.4. The molecule has 3 nitrogen and oxygen atoms in total. The highest BCUT2D eigenvalue weighted by molar-refractivity contribution is 5.75. The largest absolute Gasteiger partial charge is 0.468 e. The van der Waals surface area contributed by atoms with Gasteiger partial charge in [-0.15, -0.1) is 0 Å². The number of ether oxygens (including phenoxy) is 1. The molecule has 0 aromatic carbocycles. The summed E-state index contributed by atoms with van der Waals surface area (Å²) in [6.07, 6.45) is 9.52. The number of nitrogens with zero attached hydrogens (tertiary/aromatic N) is 1. The number of hydrogen-bond acceptors (Lipinski definition) is 3. The van der Waals surface area contributed by atoms with Gasteiger partial charge in [0.25, 0.3) is 0 Å². The molecular weight excluding hydrogens is 190 g/mol. The van der Waals surface area contributed by atoms with Gasteiger partial charge in [0, 0.05) is 5.92 Å². The summed E-state index contributed by atoms with van der Waals surface area (Å²) in [6.45, 7) is 0. The third-order valence-corrected chi connectivity index (χ3v) is 2.81. The zero-order chi connectivity index (χ0) is 11.1. The molecule has 0 aliphatic heterocycles. The molecule has 1 aliphatic carbocycles. The van der Waals surface area contributed by atoms with Crippen molar-refractivity contribution in [1.29, 1.82) is 5.26 Å². The summed E-state index contributed by atoms with van der Waals surface area (Å²) >= 11 is 0. The van der Waals surface area contributed by atoms with Crippen LogP contribution in [0.4, 0.5) is 0 Å². The standard InChI is InChI=1S/C12H17NO2/c1-15-12(14)11(9-13)10-7-5-3-2-4-6-8-10/h5,7,10-11H,2-4,6,8H2,1H3/b7-5-. The van der Waals surface area contributed by atoms with Crippen LogP contribution < -0.4 is 0 Å². The normalized spacial score (nSPS) is 25.5. The Bertz CT molecular complexity index is 278. The van der Waals surface area contributed by atoms with E-state index in [-0.39, 0.29) is 5.92 Å². The van der Waals surface area contributed by atoms with Crippen LogP contribution in [0.2, 0.25) is 0 Å². The first-order chi connectivity index (χ1) is 7.29. The first-order valence-corrected chi connectivity index (χ1v) is 5.43. The Morgan fingerprint density at radius 3 is 3.00 bits per heavy atom. The number of rotatable bonds is 2. The average molecular weight is 207 g/mol. The van der Waals surface area contributed by atoms with E-state index in [1.165, 1.54) is 20.0 Å². The van der Waals surface area contributed by atoms with Crippen LogP contribution in [0.15, 0.2) is 12.2 Å². The van der Waals surface area contributed by atoms with E-state index in [4.69, 9.17) is 5.26 Å². The minimum atomic E-state index is -0.635. The molecule has 0 bridgehead atoms. The van der Waals surface area contributed by atoms with Gasteiger partial charge in [-0.05, 0) is 19.3 Å². The first-order valence-electron chi connectivity index (χ1n) is 5.43. The van der Waals surface area contributed by atoms with E-state index < -0.39 is 11.9 Å². The average Bonchev–Trinajstić information content (AvgIpc) is 2.21. The molecule has 0 aromatic rings. The molecule has 82 valence electrons. The van der Waals surface area contributed by atoms with Crippen molar-refractivity contribution >= 4 is 5.97 Å². The number of carbonyl (C=O) groups excluding carboxylic acids is 1. The van der Waals surface area contributed by atoms with E-state index in [1.807, 2.05) is 12.1 Å². The van der Waals surface area contributed by atoms with Crippen molar-refractivity contribution in [2.75, 3.05) is 7.11 Å². The van der Waals surface area contributed by atoms with Gasteiger partial charge in [0.15, 0.2) is 0 Å². The van der Waals surface area contributed by atoms with E-state index in [2.05, 4.69) is 10.8 Å². The highest BCUT2D eigenvalue weighted by Gasteiger charge is 2.27. The summed E-state index contributed by atoms with van der Waals surface area (Å²) in [5.74, 6) is -1.01. The molecule has 0 heterocycles. The van der Waals surface area contributed by atoms with Gasteiger partial charge < -0.3 is 4.74 Å². The van der Waals surface area contributed by atoms with Crippen LogP contribution >= 0.6 is 0 Å². The maximum atomic E-state index is 11.4. The van der Waals surface area contributed by atoms with Crippen molar-refractivity contribution in [3.63, 3.8) is 0 Å². The molecule has 0 fully saturated rings. The molecule has 2 unspecified atom stereocenters. The Kier molecular flexibility index (Phi) is 4.89. The minimum absolute atomic E-state index is 0.0303. The fraction of sp³-hybridized carbons (Fsp3) is 0.667. The van der Waals surface area contributed by atoms with Crippen LogP contribution in [0, 0.1) is 23.2 Å². The predicted octanol–water partition coefficient (Wildman–Crippen LogP) is 2.44. The van der Waals surface area contributed by atoms with Gasteiger partial charge in [-0.25, -0.2) is 0 Å². The number of allylic oxidation sites excluding steroid dienone is 2. The molecular formula is C12H17NO2. The predicted molar refractivity (Wildman–Crippen MR) is 56.8 cm³/mol. The van der Waals surface area contributed by atoms with E-state index in [1.54, 1.807) is 0 Å². The second kappa shape index (κ2) is 6.23. The van der Waals surface area contributed by atoms with Gasteiger partial charge in [-0.1, -0.05) is 25.0 Å². The van der Waals surface area contributed by atoms with Crippen molar-refractivity contribution in [2.45, 2.75) is 32.1 Å². The highest BCUT2D eigenvalue weighted by Crippen LogP contribution is 2.24. The number of methoxy groups -OCH3 is 1. The Balaban J connectivity index is 2.69. The van der Waals surface area contributed by atoms with Crippen LogP contribution in [0.3, 0.4) is 0 Å². The quantitative estimate of drug-likeness (QED) is 0.516. The fourth-order valence-corrected chi connectivity index (χ4v) is 1.91. The third-order valence-electron chi connectivity index (χ3n) is 2.81. The molecule has 0 spiro atoms. The number of carbonyl (C=O) groups is 1. The van der Waals surface area contributed by atoms with E-state index >= 15 is 0 Å². The van der Waals surface area contributed by atoms with Crippen LogP contribution in [0.5, 0.6) is 0 Å². The Morgan fingerprint density at radius 1 is 1.53 bits per heavy atom. The zero-order valence-electron chi connectivity index (χ0n) is 9.11. The Labute approximate surface area is 90.7 Å². The molecule has 0 radical (unpaired) electrons. The summed E-state index contributed by atoms with van der Waals surface area (Å²) in [6, 6.07) is 2.04. The van der Waals surface area contributed by atoms with Gasteiger partial charge in [-0.3, -0.25) is 4.79 Å². The van der Waals surface area contributed by atoms with Crippen molar-refractivity contribution < 1.29 is 9.53 Å². The molecule has 0 N–H and O–H groups in total. The summed E-state index contributed by atoms with van der Waals surface area (Å²) in [5, 5.41) is 8.96. The number of nitriles is 1. The molecule has 1 rings (SSSR count). The monoisotopic (exact) mass is 207 g/mol. The van der Waals surface area contributed by atoms with Crippen LogP contribution in [-0.2, 0) is 9.53 Å². The molecule has 15 heavy (non-hydrogen) atoms. The molecule has 0 saturated carbocycles. The van der Waals surface area contributed by atoms with Crippen LogP contribution in [-0.4, -0.2) is 13.1 Å². The van der Waals surface area contributed by atoms with E-state index in [0.29, 0.717) is 0 Å². The maximum Gasteiger partial charge on any atom is 0.323 e. The van der Waals surface area contributed by atoms with Gasteiger partial charge in [-0.2, -0.15) is 5.26 Å². The number of hydrogen-bond donors (Lipinski definition) is 0. The summed E-state index contributed by atoms with van der Waals surface area (Å²) < 4.78 is 4.63. The minimum Gasteiger partial charge on any atom is -0.468 e. The van der Waals surface area contributed by atoms with Crippen LogP contribution in [0.1, 0.15) is 32.1 Å². The Morgan fingerprint density at radius 2 is 2.33 bits per heavy atom. The van der Waals surface area contributed by atoms with Crippen molar-refractivity contribution in [1.82, 2.24) is 0 Å². The smallest absolute Gasteiger partial charge is 0.323 e.